The fraction of sp³-hybridized carbons (Fsp3) is 0.714. The van der Waals surface area contributed by atoms with Gasteiger partial charge in [-0.2, -0.15) is 9.97 Å². The van der Waals surface area contributed by atoms with Crippen LogP contribution >= 0.6 is 24.2 Å². The summed E-state index contributed by atoms with van der Waals surface area (Å²) in [4.78, 5) is 14.8. The Hall–Kier alpha value is -0.920. The molecule has 1 aliphatic heterocycles. The third-order valence-corrected chi connectivity index (χ3v) is 4.26. The van der Waals surface area contributed by atoms with Gasteiger partial charge in [-0.25, -0.2) is 0 Å². The van der Waals surface area contributed by atoms with E-state index in [0.29, 0.717) is 18.4 Å². The Labute approximate surface area is 143 Å². The Kier molecular flexibility index (Phi) is 8.06. The molecule has 8 heteroatoms. The molecular formula is C14H26ClN5OS. The molecule has 6 nitrogen and oxygen atoms in total. The van der Waals surface area contributed by atoms with E-state index in [4.69, 9.17) is 4.74 Å². The largest absolute Gasteiger partial charge is 0.477 e. The van der Waals surface area contributed by atoms with Crippen molar-refractivity contribution in [1.29, 1.82) is 0 Å². The van der Waals surface area contributed by atoms with Crippen molar-refractivity contribution in [2.75, 3.05) is 63.4 Å². The van der Waals surface area contributed by atoms with Gasteiger partial charge >= 0.3 is 0 Å². The molecule has 0 aliphatic carbocycles. The Morgan fingerprint density at radius 2 is 1.91 bits per heavy atom. The predicted molar refractivity (Wildman–Crippen MR) is 96.1 cm³/mol. The first-order valence-electron chi connectivity index (χ1n) is 7.39. The smallest absolute Gasteiger partial charge is 0.234 e. The van der Waals surface area contributed by atoms with Crippen LogP contribution in [-0.2, 0) is 0 Å². The highest BCUT2D eigenvalue weighted by Gasteiger charge is 2.22. The first kappa shape index (κ1) is 19.1. The lowest BCUT2D eigenvalue weighted by Gasteiger charge is -2.34. The highest BCUT2D eigenvalue weighted by Crippen LogP contribution is 2.35. The van der Waals surface area contributed by atoms with Crippen LogP contribution in [0.3, 0.4) is 0 Å². The molecule has 0 aromatic carbocycles. The zero-order valence-electron chi connectivity index (χ0n) is 13.8. The number of rotatable bonds is 6. The molecule has 1 aromatic rings. The summed E-state index contributed by atoms with van der Waals surface area (Å²) in [6, 6.07) is 0. The molecule has 1 fully saturated rings. The third kappa shape index (κ3) is 4.54. The summed E-state index contributed by atoms with van der Waals surface area (Å²) in [5.41, 5.74) is 0. The standard InChI is InChI=1S/C14H25N5OS.ClH/c1-5-10-20-13-11(21-4)12(16-14(15-2)17-13)19-8-6-18(3)7-9-19;/h5-10H2,1-4H3,(H,15,16,17);1H. The number of ether oxygens (including phenoxy) is 1. The maximum atomic E-state index is 5.82. The highest BCUT2D eigenvalue weighted by molar-refractivity contribution is 7.98. The van der Waals surface area contributed by atoms with E-state index < -0.39 is 0 Å². The molecule has 22 heavy (non-hydrogen) atoms. The first-order chi connectivity index (χ1) is 10.2. The molecule has 1 saturated heterocycles. The van der Waals surface area contributed by atoms with E-state index in [0.717, 1.165) is 43.3 Å². The summed E-state index contributed by atoms with van der Waals surface area (Å²) < 4.78 is 5.82. The number of aromatic nitrogens is 2. The summed E-state index contributed by atoms with van der Waals surface area (Å²) in [5, 5.41) is 3.03. The summed E-state index contributed by atoms with van der Waals surface area (Å²) in [5.74, 6) is 2.30. The summed E-state index contributed by atoms with van der Waals surface area (Å²) in [6.07, 6.45) is 3.02. The van der Waals surface area contributed by atoms with Gasteiger partial charge in [0.25, 0.3) is 0 Å². The van der Waals surface area contributed by atoms with Gasteiger partial charge in [0.15, 0.2) is 5.82 Å². The minimum atomic E-state index is 0. The second kappa shape index (κ2) is 9.27. The summed E-state index contributed by atoms with van der Waals surface area (Å²) in [7, 11) is 3.99. The average Bonchev–Trinajstić information content (AvgIpc) is 2.52. The average molecular weight is 348 g/mol. The topological polar surface area (TPSA) is 53.5 Å². The summed E-state index contributed by atoms with van der Waals surface area (Å²) in [6.45, 7) is 6.85. The Morgan fingerprint density at radius 1 is 1.23 bits per heavy atom. The van der Waals surface area contributed by atoms with Crippen molar-refractivity contribution in [3.05, 3.63) is 0 Å². The molecule has 0 unspecified atom stereocenters. The van der Waals surface area contributed by atoms with Crippen molar-refractivity contribution in [2.45, 2.75) is 18.2 Å². The Morgan fingerprint density at radius 3 is 2.45 bits per heavy atom. The van der Waals surface area contributed by atoms with Crippen LogP contribution in [0.25, 0.3) is 0 Å². The van der Waals surface area contributed by atoms with Gasteiger partial charge in [0.1, 0.15) is 4.90 Å². The minimum absolute atomic E-state index is 0. The number of halogens is 1. The number of thioether (sulfide) groups is 1. The highest BCUT2D eigenvalue weighted by atomic mass is 35.5. The van der Waals surface area contributed by atoms with Gasteiger partial charge < -0.3 is 19.9 Å². The molecule has 1 N–H and O–H groups in total. The lowest BCUT2D eigenvalue weighted by atomic mass is 10.3. The number of nitrogens with zero attached hydrogens (tertiary/aromatic N) is 4. The number of hydrogen-bond acceptors (Lipinski definition) is 7. The minimum Gasteiger partial charge on any atom is -0.477 e. The van der Waals surface area contributed by atoms with Crippen LogP contribution in [0.4, 0.5) is 11.8 Å². The first-order valence-corrected chi connectivity index (χ1v) is 8.62. The number of nitrogens with one attached hydrogen (secondary N) is 1. The van der Waals surface area contributed by atoms with Gasteiger partial charge in [-0.3, -0.25) is 0 Å². The van der Waals surface area contributed by atoms with E-state index in [2.05, 4.69) is 45.3 Å². The molecule has 1 aliphatic rings. The Balaban J connectivity index is 0.00000242. The number of anilines is 2. The predicted octanol–water partition coefficient (Wildman–Crippen LogP) is 2.20. The molecule has 126 valence electrons. The molecule has 1 aromatic heterocycles. The van der Waals surface area contributed by atoms with Crippen LogP contribution in [0.1, 0.15) is 13.3 Å². The molecule has 0 atom stereocenters. The fourth-order valence-corrected chi connectivity index (χ4v) is 2.87. The van der Waals surface area contributed by atoms with Crippen LogP contribution in [0, 0.1) is 0 Å². The number of hydrogen-bond donors (Lipinski definition) is 1. The van der Waals surface area contributed by atoms with Crippen LogP contribution in [0.5, 0.6) is 5.88 Å². The van der Waals surface area contributed by atoms with Crippen molar-refractivity contribution < 1.29 is 4.74 Å². The second-order valence-corrected chi connectivity index (χ2v) is 5.91. The zero-order valence-corrected chi connectivity index (χ0v) is 15.4. The lowest BCUT2D eigenvalue weighted by molar-refractivity contribution is 0.294. The normalized spacial score (nSPS) is 15.4. The monoisotopic (exact) mass is 347 g/mol. The molecule has 0 radical (unpaired) electrons. The van der Waals surface area contributed by atoms with E-state index in [1.807, 2.05) is 7.05 Å². The molecule has 2 rings (SSSR count). The van der Waals surface area contributed by atoms with Gasteiger partial charge in [-0.05, 0) is 19.7 Å². The number of piperazine rings is 1. The SMILES string of the molecule is CCCOc1nc(NC)nc(N2CCN(C)CC2)c1SC.Cl. The van der Waals surface area contributed by atoms with Crippen LogP contribution in [-0.4, -0.2) is 68.0 Å². The van der Waals surface area contributed by atoms with Crippen molar-refractivity contribution in [2.24, 2.45) is 0 Å². The van der Waals surface area contributed by atoms with Crippen molar-refractivity contribution in [1.82, 2.24) is 14.9 Å². The molecular weight excluding hydrogens is 322 g/mol. The second-order valence-electron chi connectivity index (χ2n) is 5.10. The maximum absolute atomic E-state index is 5.82. The molecule has 0 saturated carbocycles. The molecule has 2 heterocycles. The van der Waals surface area contributed by atoms with E-state index in [1.165, 1.54) is 0 Å². The van der Waals surface area contributed by atoms with Gasteiger partial charge in [-0.15, -0.1) is 24.2 Å². The molecule has 0 amide bonds. The van der Waals surface area contributed by atoms with Crippen molar-refractivity contribution >= 4 is 35.9 Å². The molecule has 0 spiro atoms. The third-order valence-electron chi connectivity index (χ3n) is 3.49. The Bertz CT molecular complexity index is 469. The van der Waals surface area contributed by atoms with E-state index in [1.54, 1.807) is 11.8 Å². The maximum Gasteiger partial charge on any atom is 0.234 e. The van der Waals surface area contributed by atoms with Gasteiger partial charge in [0.2, 0.25) is 11.8 Å². The van der Waals surface area contributed by atoms with Crippen molar-refractivity contribution in [3.63, 3.8) is 0 Å². The van der Waals surface area contributed by atoms with Gasteiger partial charge in [0, 0.05) is 33.2 Å². The van der Waals surface area contributed by atoms with E-state index in [-0.39, 0.29) is 12.4 Å². The van der Waals surface area contributed by atoms with Gasteiger partial charge in [0.05, 0.1) is 6.61 Å². The summed E-state index contributed by atoms with van der Waals surface area (Å²) >= 11 is 1.65. The van der Waals surface area contributed by atoms with Crippen LogP contribution in [0.2, 0.25) is 0 Å². The van der Waals surface area contributed by atoms with Crippen LogP contribution < -0.4 is 15.0 Å². The zero-order chi connectivity index (χ0) is 15.2. The van der Waals surface area contributed by atoms with E-state index >= 15 is 0 Å². The van der Waals surface area contributed by atoms with Crippen LogP contribution in [0.15, 0.2) is 4.90 Å². The quantitative estimate of drug-likeness (QED) is 0.792. The van der Waals surface area contributed by atoms with E-state index in [9.17, 15) is 0 Å². The van der Waals surface area contributed by atoms with Gasteiger partial charge in [-0.1, -0.05) is 6.92 Å². The fourth-order valence-electron chi connectivity index (χ4n) is 2.24. The number of likely N-dealkylation sites (N-methyl/N-ethyl adjacent to an activating group) is 1. The lowest BCUT2D eigenvalue weighted by Crippen LogP contribution is -2.45. The molecule has 0 bridgehead atoms. The van der Waals surface area contributed by atoms with Crippen molar-refractivity contribution in [3.8, 4) is 5.88 Å².